The van der Waals surface area contributed by atoms with E-state index in [-0.39, 0.29) is 5.91 Å². The van der Waals surface area contributed by atoms with Gasteiger partial charge in [-0.05, 0) is 44.0 Å². The average molecular weight is 219 g/mol. The van der Waals surface area contributed by atoms with Crippen molar-refractivity contribution in [2.24, 2.45) is 5.92 Å². The van der Waals surface area contributed by atoms with Gasteiger partial charge in [-0.15, -0.1) is 0 Å². The first kappa shape index (κ1) is 11.1. The molecular weight excluding hydrogens is 202 g/mol. The van der Waals surface area contributed by atoms with Gasteiger partial charge in [0.15, 0.2) is 0 Å². The molecule has 0 saturated carbocycles. The summed E-state index contributed by atoms with van der Waals surface area (Å²) in [6, 6.07) is 3.55. The Morgan fingerprint density at radius 1 is 1.62 bits per heavy atom. The molecule has 1 fully saturated rings. The van der Waals surface area contributed by atoms with Gasteiger partial charge in [0.2, 0.25) is 0 Å². The normalized spacial score (nSPS) is 20.4. The van der Waals surface area contributed by atoms with Crippen LogP contribution in [0.25, 0.3) is 0 Å². The SMILES string of the molecule is O=C(NCC1CCCNC1)c1cccnc1. The molecule has 1 saturated heterocycles. The average Bonchev–Trinajstić information content (AvgIpc) is 2.38. The highest BCUT2D eigenvalue weighted by Crippen LogP contribution is 2.08. The van der Waals surface area contributed by atoms with Gasteiger partial charge < -0.3 is 10.6 Å². The zero-order valence-corrected chi connectivity index (χ0v) is 9.28. The second-order valence-electron chi connectivity index (χ2n) is 4.16. The van der Waals surface area contributed by atoms with Crippen LogP contribution < -0.4 is 10.6 Å². The Balaban J connectivity index is 1.79. The van der Waals surface area contributed by atoms with E-state index in [9.17, 15) is 4.79 Å². The summed E-state index contributed by atoms with van der Waals surface area (Å²) in [6.45, 7) is 2.86. The number of amides is 1. The molecule has 16 heavy (non-hydrogen) atoms. The topological polar surface area (TPSA) is 54.0 Å². The van der Waals surface area contributed by atoms with Crippen LogP contribution >= 0.6 is 0 Å². The summed E-state index contributed by atoms with van der Waals surface area (Å²) in [7, 11) is 0. The summed E-state index contributed by atoms with van der Waals surface area (Å²) < 4.78 is 0. The van der Waals surface area contributed by atoms with Crippen LogP contribution in [0.15, 0.2) is 24.5 Å². The van der Waals surface area contributed by atoms with Crippen LogP contribution in [0, 0.1) is 5.92 Å². The summed E-state index contributed by atoms with van der Waals surface area (Å²) in [4.78, 5) is 15.6. The Labute approximate surface area is 95.5 Å². The van der Waals surface area contributed by atoms with E-state index in [0.29, 0.717) is 11.5 Å². The van der Waals surface area contributed by atoms with Crippen molar-refractivity contribution in [3.05, 3.63) is 30.1 Å². The van der Waals surface area contributed by atoms with Crippen molar-refractivity contribution in [3.8, 4) is 0 Å². The van der Waals surface area contributed by atoms with E-state index in [2.05, 4.69) is 15.6 Å². The molecule has 4 nitrogen and oxygen atoms in total. The molecule has 0 aromatic carbocycles. The monoisotopic (exact) mass is 219 g/mol. The number of nitrogens with one attached hydrogen (secondary N) is 2. The summed E-state index contributed by atoms with van der Waals surface area (Å²) in [6.07, 6.45) is 5.66. The van der Waals surface area contributed by atoms with Gasteiger partial charge in [0, 0.05) is 18.9 Å². The van der Waals surface area contributed by atoms with Crippen LogP contribution in [0.5, 0.6) is 0 Å². The van der Waals surface area contributed by atoms with Crippen LogP contribution in [0.2, 0.25) is 0 Å². The zero-order chi connectivity index (χ0) is 11.2. The highest BCUT2D eigenvalue weighted by molar-refractivity contribution is 5.93. The number of nitrogens with zero attached hydrogens (tertiary/aromatic N) is 1. The van der Waals surface area contributed by atoms with E-state index in [1.165, 1.54) is 12.8 Å². The number of carbonyl (C=O) groups is 1. The van der Waals surface area contributed by atoms with E-state index in [1.54, 1.807) is 24.5 Å². The lowest BCUT2D eigenvalue weighted by atomic mass is 10.00. The molecule has 0 spiro atoms. The molecule has 1 aromatic heterocycles. The molecule has 4 heteroatoms. The highest BCUT2D eigenvalue weighted by Gasteiger charge is 2.14. The molecule has 1 amide bonds. The van der Waals surface area contributed by atoms with Crippen LogP contribution in [0.4, 0.5) is 0 Å². The van der Waals surface area contributed by atoms with Crippen molar-refractivity contribution in [2.45, 2.75) is 12.8 Å². The molecule has 2 rings (SSSR count). The third-order valence-electron chi connectivity index (χ3n) is 2.87. The molecule has 1 aliphatic heterocycles. The lowest BCUT2D eigenvalue weighted by Crippen LogP contribution is -2.38. The Morgan fingerprint density at radius 3 is 3.25 bits per heavy atom. The molecule has 1 aliphatic rings. The largest absolute Gasteiger partial charge is 0.352 e. The van der Waals surface area contributed by atoms with Crippen molar-refractivity contribution in [1.82, 2.24) is 15.6 Å². The minimum Gasteiger partial charge on any atom is -0.352 e. The maximum atomic E-state index is 11.7. The summed E-state index contributed by atoms with van der Waals surface area (Å²) in [5.41, 5.74) is 0.631. The van der Waals surface area contributed by atoms with Gasteiger partial charge in [-0.2, -0.15) is 0 Å². The Hall–Kier alpha value is -1.42. The van der Waals surface area contributed by atoms with Crippen molar-refractivity contribution in [2.75, 3.05) is 19.6 Å². The summed E-state index contributed by atoms with van der Waals surface area (Å²) in [5, 5.41) is 6.28. The second kappa shape index (κ2) is 5.61. The summed E-state index contributed by atoms with van der Waals surface area (Å²) in [5.74, 6) is 0.535. The van der Waals surface area contributed by atoms with E-state index >= 15 is 0 Å². The molecule has 1 aromatic rings. The van der Waals surface area contributed by atoms with Crippen LogP contribution in [-0.2, 0) is 0 Å². The Kier molecular flexibility index (Phi) is 3.88. The van der Waals surface area contributed by atoms with Crippen molar-refractivity contribution >= 4 is 5.91 Å². The van der Waals surface area contributed by atoms with Crippen molar-refractivity contribution < 1.29 is 4.79 Å². The smallest absolute Gasteiger partial charge is 0.252 e. The lowest BCUT2D eigenvalue weighted by molar-refractivity contribution is 0.0944. The molecular formula is C12H17N3O. The number of pyridine rings is 1. The van der Waals surface area contributed by atoms with Gasteiger partial charge in [0.1, 0.15) is 0 Å². The maximum Gasteiger partial charge on any atom is 0.252 e. The molecule has 2 N–H and O–H groups in total. The fraction of sp³-hybridized carbons (Fsp3) is 0.500. The molecule has 2 heterocycles. The third-order valence-corrected chi connectivity index (χ3v) is 2.87. The highest BCUT2D eigenvalue weighted by atomic mass is 16.1. The minimum atomic E-state index is -0.0290. The summed E-state index contributed by atoms with van der Waals surface area (Å²) >= 11 is 0. The molecule has 0 radical (unpaired) electrons. The number of rotatable bonds is 3. The fourth-order valence-electron chi connectivity index (χ4n) is 1.93. The number of hydrogen-bond acceptors (Lipinski definition) is 3. The third kappa shape index (κ3) is 3.03. The zero-order valence-electron chi connectivity index (χ0n) is 9.28. The number of carbonyl (C=O) groups excluding carboxylic acids is 1. The molecule has 86 valence electrons. The van der Waals surface area contributed by atoms with Crippen LogP contribution in [-0.4, -0.2) is 30.5 Å². The second-order valence-corrected chi connectivity index (χ2v) is 4.16. The van der Waals surface area contributed by atoms with Gasteiger partial charge in [-0.1, -0.05) is 0 Å². The molecule has 0 aliphatic carbocycles. The van der Waals surface area contributed by atoms with Crippen molar-refractivity contribution in [3.63, 3.8) is 0 Å². The van der Waals surface area contributed by atoms with Crippen LogP contribution in [0.3, 0.4) is 0 Å². The number of aromatic nitrogens is 1. The van der Waals surface area contributed by atoms with Gasteiger partial charge in [-0.25, -0.2) is 0 Å². The first-order valence-corrected chi connectivity index (χ1v) is 5.75. The Morgan fingerprint density at radius 2 is 2.56 bits per heavy atom. The van der Waals surface area contributed by atoms with E-state index < -0.39 is 0 Å². The molecule has 1 unspecified atom stereocenters. The predicted molar refractivity (Wildman–Crippen MR) is 62.2 cm³/mol. The minimum absolute atomic E-state index is 0.0290. The van der Waals surface area contributed by atoms with Gasteiger partial charge in [-0.3, -0.25) is 9.78 Å². The number of piperidine rings is 1. The predicted octanol–water partition coefficient (Wildman–Crippen LogP) is 0.811. The van der Waals surface area contributed by atoms with E-state index in [4.69, 9.17) is 0 Å². The molecule has 1 atom stereocenters. The van der Waals surface area contributed by atoms with E-state index in [0.717, 1.165) is 19.6 Å². The van der Waals surface area contributed by atoms with Crippen molar-refractivity contribution in [1.29, 1.82) is 0 Å². The first-order valence-electron chi connectivity index (χ1n) is 5.75. The standard InChI is InChI=1S/C12H17N3O/c16-12(11-4-2-6-14-9-11)15-8-10-3-1-5-13-7-10/h2,4,6,9-10,13H,1,3,5,7-8H2,(H,15,16). The lowest BCUT2D eigenvalue weighted by Gasteiger charge is -2.22. The maximum absolute atomic E-state index is 11.7. The van der Waals surface area contributed by atoms with Gasteiger partial charge in [0.05, 0.1) is 5.56 Å². The Bertz CT molecular complexity index is 333. The number of hydrogen-bond donors (Lipinski definition) is 2. The quantitative estimate of drug-likeness (QED) is 0.791. The fourth-order valence-corrected chi connectivity index (χ4v) is 1.93. The van der Waals surface area contributed by atoms with E-state index in [1.807, 2.05) is 0 Å². The van der Waals surface area contributed by atoms with Gasteiger partial charge >= 0.3 is 0 Å². The van der Waals surface area contributed by atoms with Crippen LogP contribution in [0.1, 0.15) is 23.2 Å². The first-order chi connectivity index (χ1) is 7.86. The molecule has 0 bridgehead atoms. The van der Waals surface area contributed by atoms with Gasteiger partial charge in [0.25, 0.3) is 5.91 Å².